The normalized spacial score (nSPS) is 18.5. The van der Waals surface area contributed by atoms with Gasteiger partial charge in [0.15, 0.2) is 0 Å². The van der Waals surface area contributed by atoms with E-state index in [1.54, 1.807) is 5.56 Å². The van der Waals surface area contributed by atoms with Crippen LogP contribution in [0.4, 0.5) is 0 Å². The summed E-state index contributed by atoms with van der Waals surface area (Å²) >= 11 is 0. The largest absolute Gasteiger partial charge is 0.313 e. The van der Waals surface area contributed by atoms with Crippen molar-refractivity contribution < 1.29 is 0 Å². The molecule has 1 aromatic rings. The summed E-state index contributed by atoms with van der Waals surface area (Å²) in [6.07, 6.45) is 9.33. The van der Waals surface area contributed by atoms with E-state index in [1.807, 2.05) is 0 Å². The molecule has 0 bridgehead atoms. The fraction of sp³-hybridized carbons (Fsp3) is 0.667. The quantitative estimate of drug-likeness (QED) is 0.811. The van der Waals surface area contributed by atoms with Gasteiger partial charge in [-0.3, -0.25) is 0 Å². The van der Waals surface area contributed by atoms with Gasteiger partial charge in [-0.2, -0.15) is 0 Å². The first-order chi connectivity index (χ1) is 9.30. The molecule has 0 radical (unpaired) electrons. The van der Waals surface area contributed by atoms with Crippen molar-refractivity contribution in [1.82, 2.24) is 5.32 Å². The molecule has 19 heavy (non-hydrogen) atoms. The van der Waals surface area contributed by atoms with Crippen LogP contribution in [-0.2, 0) is 12.8 Å². The molecule has 1 saturated carbocycles. The van der Waals surface area contributed by atoms with Crippen molar-refractivity contribution in [3.63, 3.8) is 0 Å². The Hall–Kier alpha value is -0.820. The van der Waals surface area contributed by atoms with Gasteiger partial charge in [0.25, 0.3) is 0 Å². The molecule has 106 valence electrons. The lowest BCUT2D eigenvalue weighted by Gasteiger charge is -2.32. The van der Waals surface area contributed by atoms with Crippen LogP contribution in [0.3, 0.4) is 0 Å². The predicted molar refractivity (Wildman–Crippen MR) is 83.6 cm³/mol. The van der Waals surface area contributed by atoms with Crippen LogP contribution in [0.5, 0.6) is 0 Å². The van der Waals surface area contributed by atoms with Gasteiger partial charge in [-0.1, -0.05) is 51.3 Å². The van der Waals surface area contributed by atoms with Gasteiger partial charge in [0.2, 0.25) is 0 Å². The summed E-state index contributed by atoms with van der Waals surface area (Å²) in [5, 5.41) is 3.61. The standard InChI is InChI=1S/C18H29N/c1-4-14-11-12-15(5-2)17(13-14)18(19-3)16-9-7-6-8-10-16/h11-13,16,18-19H,4-10H2,1-3H3. The number of hydrogen-bond acceptors (Lipinski definition) is 1. The van der Waals surface area contributed by atoms with Crippen LogP contribution in [0.25, 0.3) is 0 Å². The van der Waals surface area contributed by atoms with Gasteiger partial charge in [-0.05, 0) is 55.3 Å². The van der Waals surface area contributed by atoms with E-state index in [4.69, 9.17) is 0 Å². The van der Waals surface area contributed by atoms with Gasteiger partial charge in [0, 0.05) is 6.04 Å². The Balaban J connectivity index is 2.29. The summed E-state index contributed by atoms with van der Waals surface area (Å²) in [5.74, 6) is 0.830. The zero-order valence-corrected chi connectivity index (χ0v) is 12.8. The maximum Gasteiger partial charge on any atom is 0.0348 e. The Morgan fingerprint density at radius 3 is 2.42 bits per heavy atom. The summed E-state index contributed by atoms with van der Waals surface area (Å²) in [7, 11) is 2.14. The van der Waals surface area contributed by atoms with Crippen LogP contribution >= 0.6 is 0 Å². The fourth-order valence-electron chi connectivity index (χ4n) is 3.59. The van der Waals surface area contributed by atoms with Crippen LogP contribution in [0.15, 0.2) is 18.2 Å². The average molecular weight is 259 g/mol. The second-order valence-electron chi connectivity index (χ2n) is 5.90. The minimum absolute atomic E-state index is 0.557. The molecule has 1 nitrogen and oxygen atoms in total. The third-order valence-electron chi connectivity index (χ3n) is 4.77. The molecule has 0 amide bonds. The fourth-order valence-corrected chi connectivity index (χ4v) is 3.59. The molecule has 0 saturated heterocycles. The first kappa shape index (κ1) is 14.6. The number of nitrogens with one attached hydrogen (secondary N) is 1. The Morgan fingerprint density at radius 2 is 1.84 bits per heavy atom. The van der Waals surface area contributed by atoms with E-state index in [-0.39, 0.29) is 0 Å². The van der Waals surface area contributed by atoms with E-state index in [0.29, 0.717) is 6.04 Å². The molecule has 1 atom stereocenters. The van der Waals surface area contributed by atoms with E-state index in [1.165, 1.54) is 43.2 Å². The van der Waals surface area contributed by atoms with Gasteiger partial charge in [0.1, 0.15) is 0 Å². The summed E-state index contributed by atoms with van der Waals surface area (Å²) in [6, 6.07) is 7.66. The molecule has 1 aliphatic carbocycles. The van der Waals surface area contributed by atoms with Crippen molar-refractivity contribution in [2.75, 3.05) is 7.05 Å². The molecule has 0 heterocycles. The van der Waals surface area contributed by atoms with Crippen molar-refractivity contribution >= 4 is 0 Å². The monoisotopic (exact) mass is 259 g/mol. The molecule has 1 fully saturated rings. The molecular weight excluding hydrogens is 230 g/mol. The van der Waals surface area contributed by atoms with Crippen molar-refractivity contribution in [2.24, 2.45) is 5.92 Å². The first-order valence-corrected chi connectivity index (χ1v) is 8.09. The van der Waals surface area contributed by atoms with Gasteiger partial charge < -0.3 is 5.32 Å². The zero-order valence-electron chi connectivity index (χ0n) is 12.8. The van der Waals surface area contributed by atoms with E-state index in [2.05, 4.69) is 44.4 Å². The number of benzene rings is 1. The van der Waals surface area contributed by atoms with E-state index in [9.17, 15) is 0 Å². The van der Waals surface area contributed by atoms with E-state index < -0.39 is 0 Å². The summed E-state index contributed by atoms with van der Waals surface area (Å²) in [4.78, 5) is 0. The van der Waals surface area contributed by atoms with Crippen molar-refractivity contribution in [3.8, 4) is 0 Å². The Kier molecular flexibility index (Phi) is 5.45. The van der Waals surface area contributed by atoms with Gasteiger partial charge in [0.05, 0.1) is 0 Å². The molecule has 0 aliphatic heterocycles. The molecule has 1 N–H and O–H groups in total. The molecule has 0 spiro atoms. The second-order valence-corrected chi connectivity index (χ2v) is 5.90. The topological polar surface area (TPSA) is 12.0 Å². The highest BCUT2D eigenvalue weighted by molar-refractivity contribution is 5.35. The average Bonchev–Trinajstić information content (AvgIpc) is 2.49. The highest BCUT2D eigenvalue weighted by Gasteiger charge is 2.25. The summed E-state index contributed by atoms with van der Waals surface area (Å²) in [6.45, 7) is 4.53. The summed E-state index contributed by atoms with van der Waals surface area (Å²) < 4.78 is 0. The molecule has 2 rings (SSSR count). The SMILES string of the molecule is CCc1ccc(CC)c(C(NC)C2CCCCC2)c1. The maximum absolute atomic E-state index is 3.61. The Morgan fingerprint density at radius 1 is 1.11 bits per heavy atom. The minimum atomic E-state index is 0.557. The molecule has 1 aromatic carbocycles. The van der Waals surface area contributed by atoms with Crippen molar-refractivity contribution in [1.29, 1.82) is 0 Å². The number of aryl methyl sites for hydroxylation is 2. The number of hydrogen-bond donors (Lipinski definition) is 1. The smallest absolute Gasteiger partial charge is 0.0348 e. The van der Waals surface area contributed by atoms with Crippen LogP contribution < -0.4 is 5.32 Å². The first-order valence-electron chi connectivity index (χ1n) is 8.09. The lowest BCUT2D eigenvalue weighted by molar-refractivity contribution is 0.280. The van der Waals surface area contributed by atoms with Gasteiger partial charge >= 0.3 is 0 Å². The predicted octanol–water partition coefficient (Wildman–Crippen LogP) is 4.65. The van der Waals surface area contributed by atoms with Crippen molar-refractivity contribution in [2.45, 2.75) is 64.8 Å². The Labute approximate surface area is 118 Å². The van der Waals surface area contributed by atoms with Gasteiger partial charge in [-0.15, -0.1) is 0 Å². The lowest BCUT2D eigenvalue weighted by atomic mass is 9.79. The van der Waals surface area contributed by atoms with Crippen LogP contribution in [0.2, 0.25) is 0 Å². The molecule has 0 aromatic heterocycles. The third-order valence-corrected chi connectivity index (χ3v) is 4.77. The summed E-state index contributed by atoms with van der Waals surface area (Å²) in [5.41, 5.74) is 4.57. The minimum Gasteiger partial charge on any atom is -0.313 e. The molecule has 1 unspecified atom stereocenters. The maximum atomic E-state index is 3.61. The van der Waals surface area contributed by atoms with Crippen molar-refractivity contribution in [3.05, 3.63) is 34.9 Å². The lowest BCUT2D eigenvalue weighted by Crippen LogP contribution is -2.28. The van der Waals surface area contributed by atoms with Crippen LogP contribution in [0, 0.1) is 5.92 Å². The molecule has 1 heteroatoms. The highest BCUT2D eigenvalue weighted by Crippen LogP contribution is 2.36. The number of rotatable bonds is 5. The van der Waals surface area contributed by atoms with Gasteiger partial charge in [-0.25, -0.2) is 0 Å². The molecule has 1 aliphatic rings. The van der Waals surface area contributed by atoms with Crippen LogP contribution in [-0.4, -0.2) is 7.05 Å². The van der Waals surface area contributed by atoms with E-state index in [0.717, 1.165) is 18.8 Å². The second kappa shape index (κ2) is 7.09. The van der Waals surface area contributed by atoms with E-state index >= 15 is 0 Å². The molecular formula is C18H29N. The highest BCUT2D eigenvalue weighted by atomic mass is 14.9. The third kappa shape index (κ3) is 3.39. The zero-order chi connectivity index (χ0) is 13.7. The van der Waals surface area contributed by atoms with Crippen LogP contribution in [0.1, 0.15) is 68.7 Å². The Bertz CT molecular complexity index is 391.